The number of benzene rings is 2. The highest BCUT2D eigenvalue weighted by molar-refractivity contribution is 6.32. The van der Waals surface area contributed by atoms with Gasteiger partial charge in [0.15, 0.2) is 0 Å². The minimum atomic E-state index is -0.373. The average molecular weight is 519 g/mol. The lowest BCUT2D eigenvalue weighted by Crippen LogP contribution is -2.37. The minimum absolute atomic E-state index is 0.0259. The van der Waals surface area contributed by atoms with Gasteiger partial charge in [-0.15, -0.1) is 0 Å². The van der Waals surface area contributed by atoms with Crippen molar-refractivity contribution in [3.63, 3.8) is 0 Å². The van der Waals surface area contributed by atoms with Crippen molar-refractivity contribution in [1.29, 1.82) is 0 Å². The van der Waals surface area contributed by atoms with Crippen LogP contribution in [0.25, 0.3) is 22.2 Å². The summed E-state index contributed by atoms with van der Waals surface area (Å²) in [6, 6.07) is 15.2. The summed E-state index contributed by atoms with van der Waals surface area (Å²) in [6.07, 6.45) is 4.23. The van der Waals surface area contributed by atoms with Crippen LogP contribution in [0.1, 0.15) is 43.1 Å². The first-order chi connectivity index (χ1) is 17.9. The summed E-state index contributed by atoms with van der Waals surface area (Å²) in [5.74, 6) is 1.53. The van der Waals surface area contributed by atoms with Crippen molar-refractivity contribution >= 4 is 40.2 Å². The van der Waals surface area contributed by atoms with Crippen LogP contribution in [0.2, 0.25) is 5.15 Å². The van der Waals surface area contributed by atoms with Crippen LogP contribution in [-0.4, -0.2) is 32.4 Å². The second-order valence-corrected chi connectivity index (χ2v) is 10.1. The number of fused-ring (bicyclic) bond motifs is 1. The molecule has 2 heterocycles. The lowest BCUT2D eigenvalue weighted by Gasteiger charge is -2.28. The minimum Gasteiger partial charge on any atom is -0.383 e. The molecule has 1 aliphatic carbocycles. The van der Waals surface area contributed by atoms with Gasteiger partial charge in [-0.05, 0) is 62.3 Å². The Bertz CT molecular complexity index is 1400. The number of nitrogens with one attached hydrogen (secondary N) is 2. The van der Waals surface area contributed by atoms with Crippen molar-refractivity contribution < 1.29 is 4.79 Å². The number of hydrogen-bond donors (Lipinski definition) is 5. The Balaban J connectivity index is 1.44. The van der Waals surface area contributed by atoms with E-state index >= 15 is 0 Å². The Morgan fingerprint density at radius 2 is 1.81 bits per heavy atom. The van der Waals surface area contributed by atoms with Crippen LogP contribution in [0, 0.1) is 11.8 Å². The topological polar surface area (TPSA) is 162 Å². The largest absolute Gasteiger partial charge is 0.383 e. The number of carbonyl (C=O) groups is 1. The molecule has 0 radical (unpaired) electrons. The third-order valence-corrected chi connectivity index (χ3v) is 7.45. The fourth-order valence-electron chi connectivity index (χ4n) is 5.06. The zero-order valence-electron chi connectivity index (χ0n) is 20.5. The standard InChI is InChI=1S/C27H31ClN8O/c28-23-22(18-10-11-19-20(13-18)33-27(31)36-24(19)30)34-25(35-23)21(12-15-4-2-1-3-5-15)32-26(37)17-8-6-16(14-29)7-9-17/h1-5,10-11,13,16-17,21H,6-9,12,14,29H2,(H,32,37)(H,34,35)(H4,30,31,33,36)/t16?,17?,21-/m0/s1. The molecule has 0 aliphatic heterocycles. The zero-order valence-corrected chi connectivity index (χ0v) is 21.2. The van der Waals surface area contributed by atoms with Crippen molar-refractivity contribution in [1.82, 2.24) is 25.3 Å². The molecule has 2 aromatic carbocycles. The van der Waals surface area contributed by atoms with Crippen molar-refractivity contribution in [2.45, 2.75) is 38.1 Å². The van der Waals surface area contributed by atoms with Gasteiger partial charge >= 0.3 is 0 Å². The summed E-state index contributed by atoms with van der Waals surface area (Å²) in [6.45, 7) is 0.679. The molecule has 1 amide bonds. The molecule has 10 heteroatoms. The number of amides is 1. The maximum atomic E-state index is 13.3. The van der Waals surface area contributed by atoms with E-state index in [-0.39, 0.29) is 23.8 Å². The first kappa shape index (κ1) is 25.0. The summed E-state index contributed by atoms with van der Waals surface area (Å²) < 4.78 is 0. The predicted octanol–water partition coefficient (Wildman–Crippen LogP) is 4.00. The maximum absolute atomic E-state index is 13.3. The molecule has 4 aromatic rings. The summed E-state index contributed by atoms with van der Waals surface area (Å²) in [5, 5.41) is 4.32. The maximum Gasteiger partial charge on any atom is 0.223 e. The Hall–Kier alpha value is -3.69. The highest BCUT2D eigenvalue weighted by Gasteiger charge is 2.29. The van der Waals surface area contributed by atoms with Gasteiger partial charge in [0.1, 0.15) is 22.5 Å². The average Bonchev–Trinajstić information content (AvgIpc) is 3.30. The van der Waals surface area contributed by atoms with E-state index in [1.165, 1.54) is 0 Å². The van der Waals surface area contributed by atoms with Gasteiger partial charge in [0.05, 0.1) is 11.6 Å². The molecule has 192 valence electrons. The Labute approximate surface area is 220 Å². The quantitative estimate of drug-likeness (QED) is 0.247. The Morgan fingerprint density at radius 3 is 2.54 bits per heavy atom. The van der Waals surface area contributed by atoms with Gasteiger partial charge < -0.3 is 27.5 Å². The van der Waals surface area contributed by atoms with E-state index in [9.17, 15) is 4.79 Å². The van der Waals surface area contributed by atoms with E-state index in [1.54, 1.807) is 0 Å². The Kier molecular flexibility index (Phi) is 7.25. The molecule has 1 atom stereocenters. The summed E-state index contributed by atoms with van der Waals surface area (Å²) in [5.41, 5.74) is 20.6. The first-order valence-electron chi connectivity index (χ1n) is 12.5. The normalized spacial score (nSPS) is 18.5. The van der Waals surface area contributed by atoms with E-state index in [1.807, 2.05) is 48.5 Å². The number of halogens is 1. The fraction of sp³-hybridized carbons (Fsp3) is 0.333. The number of carbonyl (C=O) groups excluding carboxylic acids is 1. The van der Waals surface area contributed by atoms with Crippen LogP contribution in [0.3, 0.4) is 0 Å². The number of imidazole rings is 1. The van der Waals surface area contributed by atoms with Gasteiger partial charge in [0.2, 0.25) is 11.9 Å². The monoisotopic (exact) mass is 518 g/mol. The van der Waals surface area contributed by atoms with Crippen molar-refractivity contribution in [3.05, 3.63) is 65.1 Å². The molecule has 1 saturated carbocycles. The second kappa shape index (κ2) is 10.7. The van der Waals surface area contributed by atoms with Crippen LogP contribution < -0.4 is 22.5 Å². The van der Waals surface area contributed by atoms with Crippen LogP contribution in [-0.2, 0) is 11.2 Å². The molecule has 37 heavy (non-hydrogen) atoms. The van der Waals surface area contributed by atoms with Gasteiger partial charge in [0, 0.05) is 16.9 Å². The van der Waals surface area contributed by atoms with Gasteiger partial charge in [0.25, 0.3) is 0 Å². The third kappa shape index (κ3) is 5.52. The summed E-state index contributed by atoms with van der Waals surface area (Å²) >= 11 is 6.63. The SMILES string of the molecule is NCC1CCC(C(=O)N[C@@H](Cc2ccccc2)c2nc(-c3ccc4c(N)nc(N)nc4c3)c(Cl)[nH]2)CC1. The number of nitrogens with zero attached hydrogens (tertiary/aromatic N) is 3. The summed E-state index contributed by atoms with van der Waals surface area (Å²) in [7, 11) is 0. The van der Waals surface area contributed by atoms with Crippen LogP contribution in [0.15, 0.2) is 48.5 Å². The van der Waals surface area contributed by atoms with Crippen LogP contribution >= 0.6 is 11.6 Å². The van der Waals surface area contributed by atoms with Crippen molar-refractivity contribution in [3.8, 4) is 11.3 Å². The van der Waals surface area contributed by atoms with Crippen LogP contribution in [0.5, 0.6) is 0 Å². The lowest BCUT2D eigenvalue weighted by atomic mass is 9.81. The fourth-order valence-corrected chi connectivity index (χ4v) is 5.31. The molecule has 1 fully saturated rings. The molecule has 0 unspecified atom stereocenters. The smallest absolute Gasteiger partial charge is 0.223 e. The number of nitrogens with two attached hydrogens (primary N) is 3. The number of aromatic nitrogens is 4. The lowest BCUT2D eigenvalue weighted by molar-refractivity contribution is -0.127. The van der Waals surface area contributed by atoms with Gasteiger partial charge in [-0.1, -0.05) is 48.0 Å². The number of H-pyrrole nitrogens is 1. The third-order valence-electron chi connectivity index (χ3n) is 7.18. The number of nitrogen functional groups attached to an aromatic ring is 2. The molecule has 0 bridgehead atoms. The zero-order chi connectivity index (χ0) is 25.9. The first-order valence-corrected chi connectivity index (χ1v) is 12.9. The second-order valence-electron chi connectivity index (χ2n) is 9.69. The van der Waals surface area contributed by atoms with E-state index in [4.69, 9.17) is 33.8 Å². The molecule has 2 aromatic heterocycles. The molecular formula is C27H31ClN8O. The Morgan fingerprint density at radius 1 is 1.05 bits per heavy atom. The molecule has 9 nitrogen and oxygen atoms in total. The molecule has 0 saturated heterocycles. The van der Waals surface area contributed by atoms with Gasteiger partial charge in [-0.25, -0.2) is 9.97 Å². The van der Waals surface area contributed by atoms with E-state index in [0.717, 1.165) is 36.8 Å². The number of rotatable bonds is 7. The number of aromatic amines is 1. The van der Waals surface area contributed by atoms with E-state index in [0.29, 0.717) is 52.3 Å². The van der Waals surface area contributed by atoms with Gasteiger partial charge in [-0.2, -0.15) is 4.98 Å². The molecule has 5 rings (SSSR count). The highest BCUT2D eigenvalue weighted by atomic mass is 35.5. The van der Waals surface area contributed by atoms with Gasteiger partial charge in [-0.3, -0.25) is 4.79 Å². The predicted molar refractivity (Wildman–Crippen MR) is 146 cm³/mol. The van der Waals surface area contributed by atoms with E-state index in [2.05, 4.69) is 20.3 Å². The molecular weight excluding hydrogens is 488 g/mol. The van der Waals surface area contributed by atoms with Crippen molar-refractivity contribution in [2.75, 3.05) is 18.0 Å². The molecule has 1 aliphatic rings. The molecule has 8 N–H and O–H groups in total. The number of anilines is 2. The summed E-state index contributed by atoms with van der Waals surface area (Å²) in [4.78, 5) is 29.6. The number of hydrogen-bond acceptors (Lipinski definition) is 7. The van der Waals surface area contributed by atoms with E-state index < -0.39 is 0 Å². The highest BCUT2D eigenvalue weighted by Crippen LogP contribution is 2.33. The van der Waals surface area contributed by atoms with Crippen molar-refractivity contribution in [2.24, 2.45) is 17.6 Å². The van der Waals surface area contributed by atoms with Crippen LogP contribution in [0.4, 0.5) is 11.8 Å². The molecule has 0 spiro atoms.